The van der Waals surface area contributed by atoms with E-state index >= 15 is 0 Å². The summed E-state index contributed by atoms with van der Waals surface area (Å²) >= 11 is 0. The Morgan fingerprint density at radius 3 is 1.20 bits per heavy atom. The molecule has 0 bridgehead atoms. The van der Waals surface area contributed by atoms with Crippen LogP contribution in [-0.4, -0.2) is 29.9 Å². The molecule has 4 heterocycles. The molecule has 464 valence electrons. The molecule has 98 heavy (non-hydrogen) atoms. The lowest BCUT2D eigenvalue weighted by Gasteiger charge is -2.23. The summed E-state index contributed by atoms with van der Waals surface area (Å²) in [5.74, 6) is 1.38. The molecule has 0 saturated heterocycles. The van der Waals surface area contributed by atoms with Crippen LogP contribution >= 0.6 is 0 Å². The molecule has 18 rings (SSSR count). The largest absolute Gasteiger partial charge is 0.265 e. The molecule has 0 fully saturated rings. The topological polar surface area (TPSA) is 77.3 Å². The Labute approximate surface area is 571 Å². The fourth-order valence-electron chi connectivity index (χ4n) is 14.9. The van der Waals surface area contributed by atoms with Gasteiger partial charge in [0.05, 0.1) is 22.8 Å². The predicted molar refractivity (Wildman–Crippen MR) is 404 cm³/mol. The van der Waals surface area contributed by atoms with Crippen LogP contribution in [0.2, 0.25) is 0 Å². The Balaban J connectivity index is 0.000000147. The zero-order chi connectivity index (χ0) is 65.9. The van der Waals surface area contributed by atoms with Crippen LogP contribution < -0.4 is 0 Å². The zero-order valence-corrected chi connectivity index (χ0v) is 54.9. The van der Waals surface area contributed by atoms with Crippen LogP contribution in [0.15, 0.2) is 328 Å². The van der Waals surface area contributed by atoms with Gasteiger partial charge in [-0.15, -0.1) is 0 Å². The monoisotopic (exact) mass is 1250 g/mol. The third kappa shape index (κ3) is 10.8. The maximum atomic E-state index is 5.13. The summed E-state index contributed by atoms with van der Waals surface area (Å²) in [6.45, 7) is 9.39. The number of fused-ring (bicyclic) bond motifs is 10. The van der Waals surface area contributed by atoms with E-state index in [0.717, 1.165) is 78.4 Å². The van der Waals surface area contributed by atoms with Gasteiger partial charge in [-0.25, -0.2) is 19.9 Å². The number of benzene rings is 12. The van der Waals surface area contributed by atoms with E-state index in [1.807, 2.05) is 42.6 Å². The van der Waals surface area contributed by atoms with Gasteiger partial charge in [-0.2, -0.15) is 0 Å². The van der Waals surface area contributed by atoms with Crippen molar-refractivity contribution in [1.29, 1.82) is 0 Å². The molecule has 0 N–H and O–H groups in total. The van der Waals surface area contributed by atoms with Crippen LogP contribution in [0.5, 0.6) is 0 Å². The number of pyridine rings is 2. The summed E-state index contributed by atoms with van der Waals surface area (Å²) in [6.07, 6.45) is 7.26. The first-order chi connectivity index (χ1) is 48.1. The maximum Gasteiger partial charge on any atom is 0.160 e. The van der Waals surface area contributed by atoms with Crippen molar-refractivity contribution >= 4 is 21.5 Å². The van der Waals surface area contributed by atoms with Crippen LogP contribution in [0.3, 0.4) is 0 Å². The van der Waals surface area contributed by atoms with Gasteiger partial charge >= 0.3 is 0 Å². The first-order valence-corrected chi connectivity index (χ1v) is 33.5. The second-order valence-electron chi connectivity index (χ2n) is 26.6. The number of aromatic nitrogens is 6. The maximum absolute atomic E-state index is 5.13. The Morgan fingerprint density at radius 1 is 0.235 bits per heavy atom. The highest BCUT2D eigenvalue weighted by Crippen LogP contribution is 2.54. The number of hydrogen-bond acceptors (Lipinski definition) is 6. The van der Waals surface area contributed by atoms with Crippen LogP contribution in [0.1, 0.15) is 49.9 Å². The number of hydrogen-bond donors (Lipinski definition) is 0. The molecule has 0 atom stereocenters. The van der Waals surface area contributed by atoms with Gasteiger partial charge in [0.1, 0.15) is 0 Å². The second kappa shape index (κ2) is 24.4. The highest BCUT2D eigenvalue weighted by Gasteiger charge is 2.38. The summed E-state index contributed by atoms with van der Waals surface area (Å²) < 4.78 is 0. The normalized spacial score (nSPS) is 12.9. The van der Waals surface area contributed by atoms with Crippen LogP contribution in [0, 0.1) is 0 Å². The van der Waals surface area contributed by atoms with Gasteiger partial charge in [-0.1, -0.05) is 270 Å². The Morgan fingerprint density at radius 2 is 0.643 bits per heavy atom. The van der Waals surface area contributed by atoms with Gasteiger partial charge in [0, 0.05) is 69.0 Å². The zero-order valence-electron chi connectivity index (χ0n) is 54.9. The molecule has 12 aromatic carbocycles. The van der Waals surface area contributed by atoms with Gasteiger partial charge < -0.3 is 0 Å². The van der Waals surface area contributed by atoms with Crippen molar-refractivity contribution in [3.63, 3.8) is 0 Å². The predicted octanol–water partition coefficient (Wildman–Crippen LogP) is 23.3. The van der Waals surface area contributed by atoms with Crippen molar-refractivity contribution in [3.05, 3.63) is 350 Å². The Bertz CT molecular complexity index is 5710. The lowest BCUT2D eigenvalue weighted by atomic mass is 9.80. The molecular formula is C92H66N6. The van der Waals surface area contributed by atoms with E-state index < -0.39 is 0 Å². The van der Waals surface area contributed by atoms with E-state index in [0.29, 0.717) is 11.6 Å². The van der Waals surface area contributed by atoms with E-state index in [4.69, 9.17) is 19.9 Å². The number of rotatable bonds is 10. The van der Waals surface area contributed by atoms with Crippen molar-refractivity contribution in [1.82, 2.24) is 29.9 Å². The van der Waals surface area contributed by atoms with E-state index in [-0.39, 0.29) is 10.8 Å². The quantitative estimate of drug-likeness (QED) is 0.136. The van der Waals surface area contributed by atoms with Crippen LogP contribution in [0.4, 0.5) is 0 Å². The van der Waals surface area contributed by atoms with Gasteiger partial charge in [0.15, 0.2) is 11.6 Å². The SMILES string of the molecule is CC1(C)c2ccc(-c3ccc(-c4cc(-c5cccnc5)nc(-c5cccc(-c6ccccc6)c5)n4)cc3)cc2-c2ccc3ccccc3c21.CC1(C)c2ccc(-c3ccc(-c4cc(-c5ccncc5)nc(-c5cccc(-c6ccccc6)c5)n4)cc3)cc2-c2c1ccc1ccccc21. The summed E-state index contributed by atoms with van der Waals surface area (Å²) in [5.41, 5.74) is 29.6. The molecule has 2 aliphatic carbocycles. The molecular weight excluding hydrogens is 1190 g/mol. The highest BCUT2D eigenvalue weighted by molar-refractivity contribution is 6.03. The fraction of sp³-hybridized carbons (Fsp3) is 0.0652. The van der Waals surface area contributed by atoms with E-state index in [9.17, 15) is 0 Å². The average Bonchev–Trinajstić information content (AvgIpc) is 1.57. The minimum atomic E-state index is -0.0643. The van der Waals surface area contributed by atoms with Crippen molar-refractivity contribution < 1.29 is 0 Å². The Kier molecular flexibility index (Phi) is 14.8. The minimum absolute atomic E-state index is 0.0467. The second-order valence-corrected chi connectivity index (χ2v) is 26.6. The first kappa shape index (κ1) is 59.4. The van der Waals surface area contributed by atoms with Gasteiger partial charge in [-0.3, -0.25) is 9.97 Å². The lowest BCUT2D eigenvalue weighted by molar-refractivity contribution is 0.661. The first-order valence-electron chi connectivity index (χ1n) is 33.5. The summed E-state index contributed by atoms with van der Waals surface area (Å²) in [6, 6.07) is 108. The standard InChI is InChI=1S/2C46H33N3/c1-46(2)41-24-22-35(27-40(41)39-23-21-32-12-6-7-16-38(32)44(39)46)31-17-19-33(20-18-31)42-28-43(37-15-9-25-47-29-37)49-45(48-42)36-14-8-13-34(26-36)30-10-4-3-5-11-30;1-46(2)40-21-20-36(28-39(40)44-38-14-7-6-11-32(38)19-22-41(44)46)31-15-17-33(18-16-31)42-29-43(34-23-25-47-26-24-34)49-45(48-42)37-13-8-12-35(27-37)30-9-4-3-5-10-30/h2*3-29H,1-2H3. The molecule has 0 unspecified atom stereocenters. The third-order valence-electron chi connectivity index (χ3n) is 20.0. The average molecular weight is 1260 g/mol. The summed E-state index contributed by atoms with van der Waals surface area (Å²) in [5, 5.41) is 5.23. The molecule has 6 heteroatoms. The molecule has 0 aliphatic heterocycles. The molecule has 6 nitrogen and oxygen atoms in total. The van der Waals surface area contributed by atoms with E-state index in [1.54, 1.807) is 18.6 Å². The van der Waals surface area contributed by atoms with Crippen LogP contribution in [0.25, 0.3) is 156 Å². The lowest BCUT2D eigenvalue weighted by Crippen LogP contribution is -2.15. The van der Waals surface area contributed by atoms with Crippen molar-refractivity contribution in [2.24, 2.45) is 0 Å². The summed E-state index contributed by atoms with van der Waals surface area (Å²) in [7, 11) is 0. The molecule has 4 aromatic heterocycles. The van der Waals surface area contributed by atoms with E-state index in [2.05, 4.69) is 305 Å². The van der Waals surface area contributed by atoms with Crippen molar-refractivity contribution in [2.45, 2.75) is 38.5 Å². The molecule has 0 saturated carbocycles. The molecule has 0 amide bonds. The fourth-order valence-corrected chi connectivity index (χ4v) is 14.9. The molecule has 16 aromatic rings. The highest BCUT2D eigenvalue weighted by atomic mass is 14.9. The van der Waals surface area contributed by atoms with Crippen molar-refractivity contribution in [2.75, 3.05) is 0 Å². The minimum Gasteiger partial charge on any atom is -0.265 e. The Hall–Kier alpha value is -12.4. The molecule has 0 radical (unpaired) electrons. The molecule has 2 aliphatic rings. The molecule has 0 spiro atoms. The van der Waals surface area contributed by atoms with Crippen LogP contribution in [-0.2, 0) is 10.8 Å². The van der Waals surface area contributed by atoms with E-state index in [1.165, 1.54) is 88.3 Å². The number of nitrogens with zero attached hydrogens (tertiary/aromatic N) is 6. The van der Waals surface area contributed by atoms with Gasteiger partial charge in [-0.05, 0) is 171 Å². The third-order valence-corrected chi connectivity index (χ3v) is 20.0. The smallest absolute Gasteiger partial charge is 0.160 e. The van der Waals surface area contributed by atoms with Gasteiger partial charge in [0.25, 0.3) is 0 Å². The van der Waals surface area contributed by atoms with Gasteiger partial charge in [0.2, 0.25) is 0 Å². The summed E-state index contributed by atoms with van der Waals surface area (Å²) in [4.78, 5) is 28.9. The van der Waals surface area contributed by atoms with Crippen molar-refractivity contribution in [3.8, 4) is 135 Å².